The lowest BCUT2D eigenvalue weighted by molar-refractivity contribution is 0.0953. The van der Waals surface area contributed by atoms with E-state index in [1.807, 2.05) is 6.92 Å². The van der Waals surface area contributed by atoms with Gasteiger partial charge in [0, 0.05) is 25.5 Å². The summed E-state index contributed by atoms with van der Waals surface area (Å²) in [4.78, 5) is 20.1. The lowest BCUT2D eigenvalue weighted by Crippen LogP contribution is -2.26. The van der Waals surface area contributed by atoms with Crippen LogP contribution < -0.4 is 10.6 Å². The van der Waals surface area contributed by atoms with Gasteiger partial charge in [-0.1, -0.05) is 25.1 Å². The van der Waals surface area contributed by atoms with Crippen LogP contribution in [0.3, 0.4) is 0 Å². The van der Waals surface area contributed by atoms with Crippen molar-refractivity contribution in [3.05, 3.63) is 53.6 Å². The van der Waals surface area contributed by atoms with Gasteiger partial charge in [0.25, 0.3) is 5.91 Å². The van der Waals surface area contributed by atoms with Crippen LogP contribution in [0.5, 0.6) is 0 Å². The molecule has 0 bridgehead atoms. The maximum Gasteiger partial charge on any atom is 0.254 e. The molecule has 116 valence electrons. The highest BCUT2D eigenvalue weighted by Gasteiger charge is 2.07. The molecular formula is C16H19FN4O. The number of hydrogen-bond donors (Lipinski definition) is 2. The quantitative estimate of drug-likeness (QED) is 0.824. The third kappa shape index (κ3) is 4.51. The molecule has 5 nitrogen and oxygen atoms in total. The van der Waals surface area contributed by atoms with Crippen LogP contribution in [0.15, 0.2) is 36.7 Å². The highest BCUT2D eigenvalue weighted by molar-refractivity contribution is 5.93. The van der Waals surface area contributed by atoms with Crippen LogP contribution >= 0.6 is 0 Å². The molecule has 0 fully saturated rings. The van der Waals surface area contributed by atoms with Crippen LogP contribution in [0.25, 0.3) is 0 Å². The average Bonchev–Trinajstić information content (AvgIpc) is 2.55. The summed E-state index contributed by atoms with van der Waals surface area (Å²) in [5.74, 6) is -0.0189. The highest BCUT2D eigenvalue weighted by atomic mass is 19.1. The minimum atomic E-state index is -0.265. The van der Waals surface area contributed by atoms with Gasteiger partial charge in [-0.3, -0.25) is 4.79 Å². The molecule has 0 unspecified atom stereocenters. The third-order valence-corrected chi connectivity index (χ3v) is 3.08. The van der Waals surface area contributed by atoms with E-state index in [1.54, 1.807) is 18.2 Å². The molecule has 1 heterocycles. The average molecular weight is 302 g/mol. The van der Waals surface area contributed by atoms with E-state index in [-0.39, 0.29) is 11.7 Å². The zero-order chi connectivity index (χ0) is 15.8. The van der Waals surface area contributed by atoms with Gasteiger partial charge in [-0.25, -0.2) is 14.4 Å². The number of carbonyl (C=O) groups excluding carboxylic acids is 1. The maximum absolute atomic E-state index is 13.4. The van der Waals surface area contributed by atoms with Crippen molar-refractivity contribution in [3.8, 4) is 0 Å². The minimum absolute atomic E-state index is 0.258. The number of hydrogen-bond acceptors (Lipinski definition) is 4. The number of aromatic nitrogens is 2. The topological polar surface area (TPSA) is 66.9 Å². The van der Waals surface area contributed by atoms with Crippen LogP contribution in [0.2, 0.25) is 0 Å². The molecule has 6 heteroatoms. The monoisotopic (exact) mass is 302 g/mol. The number of amides is 1. The summed E-state index contributed by atoms with van der Waals surface area (Å²) in [5.41, 5.74) is 0.966. The van der Waals surface area contributed by atoms with Crippen LogP contribution in [-0.2, 0) is 6.42 Å². The number of rotatable bonds is 7. The second-order valence-corrected chi connectivity index (χ2v) is 4.82. The van der Waals surface area contributed by atoms with E-state index in [1.165, 1.54) is 18.5 Å². The Bertz CT molecular complexity index is 616. The summed E-state index contributed by atoms with van der Waals surface area (Å²) in [6.07, 6.45) is 4.36. The Morgan fingerprint density at radius 1 is 1.18 bits per heavy atom. The number of carbonyl (C=O) groups is 1. The summed E-state index contributed by atoms with van der Waals surface area (Å²) >= 11 is 0. The standard InChI is InChI=1S/C16H19FN4O/c1-2-8-19-16-20-10-13(11-21-16)15(22)18-9-7-12-5-3-4-6-14(12)17/h3-6,10-11H,2,7-9H2,1H3,(H,18,22)(H,19,20,21). The maximum atomic E-state index is 13.4. The number of anilines is 1. The van der Waals surface area contributed by atoms with Gasteiger partial charge >= 0.3 is 0 Å². The lowest BCUT2D eigenvalue weighted by Gasteiger charge is -2.07. The van der Waals surface area contributed by atoms with E-state index in [0.29, 0.717) is 30.0 Å². The van der Waals surface area contributed by atoms with E-state index in [9.17, 15) is 9.18 Å². The summed E-state index contributed by atoms with van der Waals surface area (Å²) in [6.45, 7) is 3.19. The van der Waals surface area contributed by atoms with Crippen molar-refractivity contribution in [2.75, 3.05) is 18.4 Å². The molecule has 1 aromatic carbocycles. The van der Waals surface area contributed by atoms with Gasteiger partial charge in [-0.15, -0.1) is 0 Å². The van der Waals surface area contributed by atoms with Gasteiger partial charge in [0.15, 0.2) is 0 Å². The Morgan fingerprint density at radius 2 is 1.91 bits per heavy atom. The predicted octanol–water partition coefficient (Wildman–Crippen LogP) is 2.41. The molecular weight excluding hydrogens is 283 g/mol. The highest BCUT2D eigenvalue weighted by Crippen LogP contribution is 2.06. The van der Waals surface area contributed by atoms with Gasteiger partial charge in [0.05, 0.1) is 5.56 Å². The van der Waals surface area contributed by atoms with E-state index in [0.717, 1.165) is 13.0 Å². The fraction of sp³-hybridized carbons (Fsp3) is 0.312. The van der Waals surface area contributed by atoms with E-state index in [4.69, 9.17) is 0 Å². The van der Waals surface area contributed by atoms with Gasteiger partial charge in [-0.05, 0) is 24.5 Å². The Labute approximate surface area is 129 Å². The summed E-state index contributed by atoms with van der Waals surface area (Å²) in [7, 11) is 0. The molecule has 1 amide bonds. The minimum Gasteiger partial charge on any atom is -0.354 e. The molecule has 2 rings (SSSR count). The SMILES string of the molecule is CCCNc1ncc(C(=O)NCCc2ccccc2F)cn1. The number of nitrogens with zero attached hydrogens (tertiary/aromatic N) is 2. The van der Waals surface area contributed by atoms with Crippen molar-refractivity contribution in [2.45, 2.75) is 19.8 Å². The smallest absolute Gasteiger partial charge is 0.254 e. The van der Waals surface area contributed by atoms with E-state index < -0.39 is 0 Å². The molecule has 0 radical (unpaired) electrons. The summed E-state index contributed by atoms with van der Waals surface area (Å²) in [6, 6.07) is 6.53. The molecule has 0 aliphatic heterocycles. The van der Waals surface area contributed by atoms with Crippen molar-refractivity contribution in [2.24, 2.45) is 0 Å². The molecule has 2 N–H and O–H groups in total. The van der Waals surface area contributed by atoms with Crippen molar-refractivity contribution in [3.63, 3.8) is 0 Å². The third-order valence-electron chi connectivity index (χ3n) is 3.08. The molecule has 2 aromatic rings. The Balaban J connectivity index is 1.83. The fourth-order valence-electron chi connectivity index (χ4n) is 1.89. The first kappa shape index (κ1) is 15.9. The second kappa shape index (κ2) is 8.07. The fourth-order valence-corrected chi connectivity index (χ4v) is 1.89. The predicted molar refractivity (Wildman–Crippen MR) is 83.2 cm³/mol. The Hall–Kier alpha value is -2.50. The zero-order valence-electron chi connectivity index (χ0n) is 12.5. The number of nitrogens with one attached hydrogen (secondary N) is 2. The first-order valence-electron chi connectivity index (χ1n) is 7.28. The number of halogens is 1. The summed E-state index contributed by atoms with van der Waals surface area (Å²) in [5, 5.41) is 5.77. The van der Waals surface area contributed by atoms with Crippen molar-refractivity contribution >= 4 is 11.9 Å². The molecule has 0 saturated heterocycles. The number of benzene rings is 1. The molecule has 0 spiro atoms. The van der Waals surface area contributed by atoms with Crippen molar-refractivity contribution < 1.29 is 9.18 Å². The zero-order valence-corrected chi connectivity index (χ0v) is 12.5. The van der Waals surface area contributed by atoms with Crippen molar-refractivity contribution in [1.29, 1.82) is 0 Å². The Kier molecular flexibility index (Phi) is 5.82. The van der Waals surface area contributed by atoms with Crippen LogP contribution in [0, 0.1) is 5.82 Å². The van der Waals surface area contributed by atoms with E-state index >= 15 is 0 Å². The molecule has 0 saturated carbocycles. The van der Waals surface area contributed by atoms with Crippen LogP contribution in [-0.4, -0.2) is 29.0 Å². The van der Waals surface area contributed by atoms with Crippen LogP contribution in [0.1, 0.15) is 29.3 Å². The molecule has 1 aromatic heterocycles. The largest absolute Gasteiger partial charge is 0.354 e. The van der Waals surface area contributed by atoms with Gasteiger partial charge < -0.3 is 10.6 Å². The van der Waals surface area contributed by atoms with Crippen LogP contribution in [0.4, 0.5) is 10.3 Å². The van der Waals surface area contributed by atoms with Gasteiger partial charge in [0.2, 0.25) is 5.95 Å². The van der Waals surface area contributed by atoms with Gasteiger partial charge in [0.1, 0.15) is 5.82 Å². The Morgan fingerprint density at radius 3 is 2.59 bits per heavy atom. The lowest BCUT2D eigenvalue weighted by atomic mass is 10.1. The second-order valence-electron chi connectivity index (χ2n) is 4.82. The normalized spacial score (nSPS) is 10.3. The van der Waals surface area contributed by atoms with E-state index in [2.05, 4.69) is 20.6 Å². The van der Waals surface area contributed by atoms with Crippen molar-refractivity contribution in [1.82, 2.24) is 15.3 Å². The molecule has 0 atom stereocenters. The summed E-state index contributed by atoms with van der Waals surface area (Å²) < 4.78 is 13.4. The first-order valence-corrected chi connectivity index (χ1v) is 7.28. The molecule has 0 aliphatic rings. The first-order chi connectivity index (χ1) is 10.7. The van der Waals surface area contributed by atoms with Gasteiger partial charge in [-0.2, -0.15) is 0 Å². The molecule has 0 aliphatic carbocycles. The molecule has 22 heavy (non-hydrogen) atoms.